The maximum Gasteiger partial charge on any atom is 0.191 e. The number of benzene rings is 1. The van der Waals surface area contributed by atoms with E-state index in [-0.39, 0.29) is 0 Å². The molecule has 0 spiro atoms. The Balaban J connectivity index is 1.44. The van der Waals surface area contributed by atoms with Crippen LogP contribution in [0.4, 0.5) is 0 Å². The Kier molecular flexibility index (Phi) is 5.74. The van der Waals surface area contributed by atoms with E-state index in [1.54, 1.807) is 7.05 Å². The minimum Gasteiger partial charge on any atom is -0.356 e. The molecule has 0 aliphatic heterocycles. The van der Waals surface area contributed by atoms with Gasteiger partial charge in [0, 0.05) is 36.2 Å². The molecule has 0 saturated heterocycles. The maximum absolute atomic E-state index is 5.80. The summed E-state index contributed by atoms with van der Waals surface area (Å²) in [5.74, 6) is 1.42. The van der Waals surface area contributed by atoms with E-state index in [1.165, 1.54) is 5.56 Å². The fourth-order valence-electron chi connectivity index (χ4n) is 2.68. The molecule has 126 valence electrons. The van der Waals surface area contributed by atoms with Crippen molar-refractivity contribution in [2.24, 2.45) is 4.99 Å². The largest absolute Gasteiger partial charge is 0.356 e. The third-order valence-corrected chi connectivity index (χ3v) is 4.88. The lowest BCUT2D eigenvalue weighted by molar-refractivity contribution is 0.778. The van der Waals surface area contributed by atoms with Crippen molar-refractivity contribution in [2.45, 2.75) is 24.8 Å². The summed E-state index contributed by atoms with van der Waals surface area (Å²) in [5, 5.41) is 7.37. The zero-order chi connectivity index (χ0) is 16.9. The van der Waals surface area contributed by atoms with Crippen LogP contribution in [0.1, 0.15) is 23.5 Å². The molecule has 6 heteroatoms. The van der Waals surface area contributed by atoms with Gasteiger partial charge in [0.15, 0.2) is 5.96 Å². The molecule has 1 aliphatic rings. The van der Waals surface area contributed by atoms with Crippen molar-refractivity contribution in [1.82, 2.24) is 15.6 Å². The van der Waals surface area contributed by atoms with Gasteiger partial charge < -0.3 is 10.6 Å². The molecule has 1 saturated carbocycles. The van der Waals surface area contributed by atoms with Crippen molar-refractivity contribution in [3.05, 3.63) is 63.3 Å². The van der Waals surface area contributed by atoms with E-state index >= 15 is 0 Å². The number of aliphatic imine (C=N–C) groups is 1. The SMILES string of the molecule is CN=C(NCCc1ccc(Cl)nc1)NC1CC1c1ccc(Br)cc1. The first-order chi connectivity index (χ1) is 11.7. The first-order valence-electron chi connectivity index (χ1n) is 7.99. The van der Waals surface area contributed by atoms with Crippen LogP contribution in [-0.4, -0.2) is 30.6 Å². The average Bonchev–Trinajstić information content (AvgIpc) is 3.35. The number of hydrogen-bond donors (Lipinski definition) is 2. The standard InChI is InChI=1S/C18H20BrClN4/c1-21-18(22-9-8-12-2-7-17(20)23-11-12)24-16-10-15(16)13-3-5-14(19)6-4-13/h2-7,11,15-16H,8-10H2,1H3,(H2,21,22,24). The molecule has 1 heterocycles. The Hall–Kier alpha value is -1.59. The third kappa shape index (κ3) is 4.71. The van der Waals surface area contributed by atoms with Gasteiger partial charge in [-0.05, 0) is 42.2 Å². The molecule has 0 radical (unpaired) electrons. The van der Waals surface area contributed by atoms with E-state index in [0.29, 0.717) is 17.1 Å². The average molecular weight is 408 g/mol. The molecular weight excluding hydrogens is 388 g/mol. The minimum absolute atomic E-state index is 0.453. The van der Waals surface area contributed by atoms with Crippen LogP contribution in [0, 0.1) is 0 Å². The maximum atomic E-state index is 5.80. The summed E-state index contributed by atoms with van der Waals surface area (Å²) in [5.41, 5.74) is 2.53. The Morgan fingerprint density at radius 3 is 2.75 bits per heavy atom. The fraction of sp³-hybridized carbons (Fsp3) is 0.333. The summed E-state index contributed by atoms with van der Waals surface area (Å²) in [6.45, 7) is 0.804. The number of hydrogen-bond acceptors (Lipinski definition) is 2. The summed E-state index contributed by atoms with van der Waals surface area (Å²) in [4.78, 5) is 8.40. The zero-order valence-electron chi connectivity index (χ0n) is 13.5. The Morgan fingerprint density at radius 1 is 1.29 bits per heavy atom. The minimum atomic E-state index is 0.453. The lowest BCUT2D eigenvalue weighted by Gasteiger charge is -2.12. The van der Waals surface area contributed by atoms with Crippen molar-refractivity contribution in [3.8, 4) is 0 Å². The van der Waals surface area contributed by atoms with Crippen molar-refractivity contribution in [1.29, 1.82) is 0 Å². The first-order valence-corrected chi connectivity index (χ1v) is 9.16. The van der Waals surface area contributed by atoms with Crippen LogP contribution >= 0.6 is 27.5 Å². The summed E-state index contributed by atoms with van der Waals surface area (Å²) >= 11 is 9.27. The quantitative estimate of drug-likeness (QED) is 0.451. The highest BCUT2D eigenvalue weighted by Gasteiger charge is 2.38. The number of halogens is 2. The van der Waals surface area contributed by atoms with Crippen molar-refractivity contribution in [3.63, 3.8) is 0 Å². The van der Waals surface area contributed by atoms with E-state index < -0.39 is 0 Å². The van der Waals surface area contributed by atoms with Crippen LogP contribution in [0.2, 0.25) is 5.15 Å². The van der Waals surface area contributed by atoms with E-state index in [4.69, 9.17) is 11.6 Å². The highest BCUT2D eigenvalue weighted by atomic mass is 79.9. The molecule has 0 bridgehead atoms. The van der Waals surface area contributed by atoms with Gasteiger partial charge in [-0.3, -0.25) is 4.99 Å². The molecule has 2 unspecified atom stereocenters. The molecule has 24 heavy (non-hydrogen) atoms. The zero-order valence-corrected chi connectivity index (χ0v) is 15.8. The molecule has 3 rings (SSSR count). The summed E-state index contributed by atoms with van der Waals surface area (Å²) in [6.07, 6.45) is 3.83. The summed E-state index contributed by atoms with van der Waals surface area (Å²) in [7, 11) is 1.80. The van der Waals surface area contributed by atoms with Gasteiger partial charge in [0.1, 0.15) is 5.15 Å². The van der Waals surface area contributed by atoms with E-state index in [1.807, 2.05) is 18.3 Å². The second-order valence-electron chi connectivity index (χ2n) is 5.88. The van der Waals surface area contributed by atoms with Crippen LogP contribution in [0.3, 0.4) is 0 Å². The lowest BCUT2D eigenvalue weighted by Crippen LogP contribution is -2.39. The van der Waals surface area contributed by atoms with Gasteiger partial charge >= 0.3 is 0 Å². The van der Waals surface area contributed by atoms with Crippen LogP contribution < -0.4 is 10.6 Å². The van der Waals surface area contributed by atoms with Crippen LogP contribution in [0.15, 0.2) is 52.1 Å². The van der Waals surface area contributed by atoms with Gasteiger partial charge in [-0.1, -0.05) is 45.7 Å². The summed E-state index contributed by atoms with van der Waals surface area (Å²) < 4.78 is 1.12. The topological polar surface area (TPSA) is 49.3 Å². The lowest BCUT2D eigenvalue weighted by atomic mass is 10.1. The normalized spacial score (nSPS) is 19.9. The van der Waals surface area contributed by atoms with Crippen LogP contribution in [-0.2, 0) is 6.42 Å². The van der Waals surface area contributed by atoms with Gasteiger partial charge in [0.25, 0.3) is 0 Å². The number of rotatable bonds is 5. The Morgan fingerprint density at radius 2 is 2.08 bits per heavy atom. The molecule has 1 fully saturated rings. The highest BCUT2D eigenvalue weighted by Crippen LogP contribution is 2.40. The molecule has 1 aliphatic carbocycles. The van der Waals surface area contributed by atoms with Crippen molar-refractivity contribution >= 4 is 33.5 Å². The van der Waals surface area contributed by atoms with Gasteiger partial charge in [-0.15, -0.1) is 0 Å². The molecule has 1 aromatic carbocycles. The number of nitrogens with zero attached hydrogens (tertiary/aromatic N) is 2. The number of nitrogens with one attached hydrogen (secondary N) is 2. The van der Waals surface area contributed by atoms with Gasteiger partial charge in [0.2, 0.25) is 0 Å². The molecule has 2 atom stereocenters. The molecule has 4 nitrogen and oxygen atoms in total. The predicted molar refractivity (Wildman–Crippen MR) is 103 cm³/mol. The number of aromatic nitrogens is 1. The molecule has 2 N–H and O–H groups in total. The van der Waals surface area contributed by atoms with E-state index in [9.17, 15) is 0 Å². The molecular formula is C18H20BrClN4. The van der Waals surface area contributed by atoms with Gasteiger partial charge in [0.05, 0.1) is 0 Å². The molecule has 0 amide bonds. The Bertz CT molecular complexity index is 700. The van der Waals surface area contributed by atoms with Crippen LogP contribution in [0.5, 0.6) is 0 Å². The van der Waals surface area contributed by atoms with Gasteiger partial charge in [-0.2, -0.15) is 0 Å². The number of guanidine groups is 1. The predicted octanol–water partition coefficient (Wildman–Crippen LogP) is 3.76. The summed E-state index contributed by atoms with van der Waals surface area (Å²) in [6, 6.07) is 12.8. The Labute approximate surface area is 155 Å². The van der Waals surface area contributed by atoms with Crippen LogP contribution in [0.25, 0.3) is 0 Å². The molecule has 1 aromatic heterocycles. The monoisotopic (exact) mass is 406 g/mol. The van der Waals surface area contributed by atoms with Gasteiger partial charge in [-0.25, -0.2) is 4.98 Å². The second-order valence-corrected chi connectivity index (χ2v) is 7.19. The third-order valence-electron chi connectivity index (χ3n) is 4.13. The van der Waals surface area contributed by atoms with E-state index in [2.05, 4.69) is 60.8 Å². The highest BCUT2D eigenvalue weighted by molar-refractivity contribution is 9.10. The molecule has 2 aromatic rings. The second kappa shape index (κ2) is 7.99. The first kappa shape index (κ1) is 17.2. The number of pyridine rings is 1. The van der Waals surface area contributed by atoms with Crippen molar-refractivity contribution in [2.75, 3.05) is 13.6 Å². The fourth-order valence-corrected chi connectivity index (χ4v) is 3.06. The van der Waals surface area contributed by atoms with Crippen molar-refractivity contribution < 1.29 is 0 Å². The smallest absolute Gasteiger partial charge is 0.191 e. The van der Waals surface area contributed by atoms with E-state index in [0.717, 1.165) is 35.4 Å².